The maximum Gasteiger partial charge on any atom is 0.338 e. The molecule has 1 aromatic rings. The highest BCUT2D eigenvalue weighted by Gasteiger charge is 2.34. The Kier molecular flexibility index (Phi) is 5.61. The van der Waals surface area contributed by atoms with Crippen LogP contribution in [-0.2, 0) is 19.6 Å². The van der Waals surface area contributed by atoms with Crippen LogP contribution >= 0.6 is 0 Å². The van der Waals surface area contributed by atoms with Gasteiger partial charge in [-0.05, 0) is 44.4 Å². The number of rotatable bonds is 5. The van der Waals surface area contributed by atoms with E-state index in [0.29, 0.717) is 18.4 Å². The Hall–Kier alpha value is -1.93. The van der Waals surface area contributed by atoms with Crippen LogP contribution in [0.25, 0.3) is 0 Å². The summed E-state index contributed by atoms with van der Waals surface area (Å²) in [5.74, 6) is -2.29. The molecule has 0 spiro atoms. The minimum absolute atomic E-state index is 0.0130. The van der Waals surface area contributed by atoms with Crippen molar-refractivity contribution < 1.29 is 27.9 Å². The number of aliphatic carboxylic acids is 1. The Morgan fingerprint density at radius 2 is 2.08 bits per heavy atom. The summed E-state index contributed by atoms with van der Waals surface area (Å²) in [6, 6.07) is 4.37. The molecule has 1 aromatic carbocycles. The molecule has 0 radical (unpaired) electrons. The molecule has 1 aliphatic rings. The van der Waals surface area contributed by atoms with Crippen LogP contribution in [0.2, 0.25) is 0 Å². The number of carboxylic acid groups (broad SMARTS) is 1. The number of carbonyl (C=O) groups excluding carboxylic acids is 1. The predicted molar refractivity (Wildman–Crippen MR) is 86.3 cm³/mol. The fourth-order valence-electron chi connectivity index (χ4n) is 2.72. The van der Waals surface area contributed by atoms with Gasteiger partial charge in [-0.3, -0.25) is 4.79 Å². The number of hydrogen-bond acceptors (Lipinski definition) is 5. The molecule has 1 atom stereocenters. The third-order valence-corrected chi connectivity index (χ3v) is 6.06. The van der Waals surface area contributed by atoms with Crippen molar-refractivity contribution in [1.82, 2.24) is 4.31 Å². The van der Waals surface area contributed by atoms with E-state index in [1.165, 1.54) is 16.4 Å². The van der Waals surface area contributed by atoms with Gasteiger partial charge in [0, 0.05) is 13.1 Å². The molecule has 1 N–H and O–H groups in total. The number of sulfonamides is 1. The molecule has 0 aromatic heterocycles. The van der Waals surface area contributed by atoms with Crippen molar-refractivity contribution in [3.05, 3.63) is 29.3 Å². The van der Waals surface area contributed by atoms with E-state index >= 15 is 0 Å². The number of hydrogen-bond donors (Lipinski definition) is 1. The van der Waals surface area contributed by atoms with Gasteiger partial charge in [0.2, 0.25) is 10.0 Å². The molecule has 0 bridgehead atoms. The molecule has 1 fully saturated rings. The molecule has 0 amide bonds. The van der Waals surface area contributed by atoms with Crippen molar-refractivity contribution in [2.45, 2.75) is 31.6 Å². The van der Waals surface area contributed by atoms with E-state index in [2.05, 4.69) is 0 Å². The lowest BCUT2D eigenvalue weighted by atomic mass is 10.0. The first-order valence-electron chi connectivity index (χ1n) is 7.78. The van der Waals surface area contributed by atoms with Gasteiger partial charge in [0.15, 0.2) is 0 Å². The smallest absolute Gasteiger partial charge is 0.338 e. The number of carbonyl (C=O) groups is 2. The topological polar surface area (TPSA) is 101 Å². The molecule has 8 heteroatoms. The Morgan fingerprint density at radius 1 is 1.38 bits per heavy atom. The Bertz CT molecular complexity index is 743. The summed E-state index contributed by atoms with van der Waals surface area (Å²) in [5.41, 5.74) is 0.660. The molecule has 132 valence electrons. The van der Waals surface area contributed by atoms with Crippen LogP contribution in [0, 0.1) is 12.8 Å². The first kappa shape index (κ1) is 18.4. The lowest BCUT2D eigenvalue weighted by Crippen LogP contribution is -2.42. The van der Waals surface area contributed by atoms with Crippen LogP contribution < -0.4 is 0 Å². The van der Waals surface area contributed by atoms with Crippen molar-refractivity contribution in [1.29, 1.82) is 0 Å². The van der Waals surface area contributed by atoms with E-state index in [0.717, 1.165) is 0 Å². The van der Waals surface area contributed by atoms with E-state index in [1.807, 2.05) is 0 Å². The van der Waals surface area contributed by atoms with Gasteiger partial charge in [-0.1, -0.05) is 6.07 Å². The van der Waals surface area contributed by atoms with Crippen LogP contribution in [0.3, 0.4) is 0 Å². The molecule has 1 unspecified atom stereocenters. The number of esters is 1. The Balaban J connectivity index is 2.36. The summed E-state index contributed by atoms with van der Waals surface area (Å²) in [6.45, 7) is 3.72. The van der Waals surface area contributed by atoms with E-state index < -0.39 is 27.9 Å². The second-order valence-electron chi connectivity index (χ2n) is 5.74. The molecular weight excluding hydrogens is 334 g/mol. The van der Waals surface area contributed by atoms with Crippen LogP contribution in [-0.4, -0.2) is 49.5 Å². The Labute approximate surface area is 141 Å². The first-order valence-corrected chi connectivity index (χ1v) is 9.22. The Morgan fingerprint density at radius 3 is 2.71 bits per heavy atom. The average Bonchev–Trinajstić information content (AvgIpc) is 2.55. The number of piperidine rings is 1. The molecule has 1 aliphatic heterocycles. The summed E-state index contributed by atoms with van der Waals surface area (Å²) in [6.07, 6.45) is 0.954. The molecule has 0 aliphatic carbocycles. The van der Waals surface area contributed by atoms with Crippen molar-refractivity contribution >= 4 is 22.0 Å². The molecule has 2 rings (SSSR count). The van der Waals surface area contributed by atoms with Gasteiger partial charge in [-0.2, -0.15) is 4.31 Å². The monoisotopic (exact) mass is 355 g/mol. The average molecular weight is 355 g/mol. The fraction of sp³-hybridized carbons (Fsp3) is 0.500. The van der Waals surface area contributed by atoms with E-state index in [1.54, 1.807) is 19.9 Å². The highest BCUT2D eigenvalue weighted by atomic mass is 32.2. The van der Waals surface area contributed by atoms with Gasteiger partial charge in [0.05, 0.1) is 23.0 Å². The first-order chi connectivity index (χ1) is 11.3. The van der Waals surface area contributed by atoms with Crippen molar-refractivity contribution in [2.24, 2.45) is 5.92 Å². The zero-order chi connectivity index (χ0) is 17.9. The summed E-state index contributed by atoms with van der Waals surface area (Å²) in [7, 11) is -3.87. The lowest BCUT2D eigenvalue weighted by Gasteiger charge is -2.30. The maximum absolute atomic E-state index is 12.9. The molecule has 0 saturated carbocycles. The highest BCUT2D eigenvalue weighted by molar-refractivity contribution is 7.89. The second-order valence-corrected chi connectivity index (χ2v) is 7.65. The number of aryl methyl sites for hydroxylation is 1. The summed E-state index contributed by atoms with van der Waals surface area (Å²) >= 11 is 0. The summed E-state index contributed by atoms with van der Waals surface area (Å²) in [5, 5.41) is 9.14. The van der Waals surface area contributed by atoms with Crippen molar-refractivity contribution in [2.75, 3.05) is 19.7 Å². The van der Waals surface area contributed by atoms with Gasteiger partial charge in [0.1, 0.15) is 0 Å². The van der Waals surface area contributed by atoms with Gasteiger partial charge in [-0.15, -0.1) is 0 Å². The van der Waals surface area contributed by atoms with E-state index in [4.69, 9.17) is 9.84 Å². The van der Waals surface area contributed by atoms with Crippen LogP contribution in [0.4, 0.5) is 0 Å². The van der Waals surface area contributed by atoms with Gasteiger partial charge < -0.3 is 9.84 Å². The third-order valence-electron chi connectivity index (χ3n) is 4.05. The molecule has 7 nitrogen and oxygen atoms in total. The van der Waals surface area contributed by atoms with Gasteiger partial charge >= 0.3 is 11.9 Å². The fourth-order valence-corrected chi connectivity index (χ4v) is 4.50. The largest absolute Gasteiger partial charge is 0.481 e. The second kappa shape index (κ2) is 7.31. The van der Waals surface area contributed by atoms with Crippen LogP contribution in [0.1, 0.15) is 35.7 Å². The zero-order valence-electron chi connectivity index (χ0n) is 13.7. The minimum Gasteiger partial charge on any atom is -0.481 e. The SMILES string of the molecule is CCOC(=O)c1ccc(C)c(S(=O)(=O)N2CCCC(C(=O)O)C2)c1. The zero-order valence-corrected chi connectivity index (χ0v) is 14.5. The number of ether oxygens (including phenoxy) is 1. The van der Waals surface area contributed by atoms with Crippen molar-refractivity contribution in [3.8, 4) is 0 Å². The van der Waals surface area contributed by atoms with Gasteiger partial charge in [0.25, 0.3) is 0 Å². The van der Waals surface area contributed by atoms with Crippen LogP contribution in [0.5, 0.6) is 0 Å². The summed E-state index contributed by atoms with van der Waals surface area (Å²) in [4.78, 5) is 23.0. The maximum atomic E-state index is 12.9. The molecule has 1 saturated heterocycles. The molecule has 1 heterocycles. The normalized spacial score (nSPS) is 19.0. The quantitative estimate of drug-likeness (QED) is 0.806. The van der Waals surface area contributed by atoms with Gasteiger partial charge in [-0.25, -0.2) is 13.2 Å². The molecular formula is C16H21NO6S. The number of benzene rings is 1. The highest BCUT2D eigenvalue weighted by Crippen LogP contribution is 2.26. The summed E-state index contributed by atoms with van der Waals surface area (Å²) < 4.78 is 31.9. The lowest BCUT2D eigenvalue weighted by molar-refractivity contribution is -0.142. The minimum atomic E-state index is -3.87. The number of nitrogens with zero attached hydrogens (tertiary/aromatic N) is 1. The van der Waals surface area contributed by atoms with Crippen LogP contribution in [0.15, 0.2) is 23.1 Å². The standard InChI is InChI=1S/C16H21NO6S/c1-3-23-16(20)12-7-6-11(2)14(9-12)24(21,22)17-8-4-5-13(10-17)15(18)19/h6-7,9,13H,3-5,8,10H2,1-2H3,(H,18,19). The number of carboxylic acids is 1. The van der Waals surface area contributed by atoms with E-state index in [9.17, 15) is 18.0 Å². The third kappa shape index (κ3) is 3.76. The predicted octanol–water partition coefficient (Wildman–Crippen LogP) is 1.66. The van der Waals surface area contributed by atoms with E-state index in [-0.39, 0.29) is 30.2 Å². The molecule has 24 heavy (non-hydrogen) atoms. The van der Waals surface area contributed by atoms with Crippen molar-refractivity contribution in [3.63, 3.8) is 0 Å².